The summed E-state index contributed by atoms with van der Waals surface area (Å²) in [5, 5.41) is 3.49. The summed E-state index contributed by atoms with van der Waals surface area (Å²) in [5.74, 6) is 1.81. The van der Waals surface area contributed by atoms with Crippen LogP contribution >= 0.6 is 15.9 Å². The minimum absolute atomic E-state index is 0.390. The number of benzene rings is 1. The number of nitrogens with zero attached hydrogens (tertiary/aromatic N) is 1. The van der Waals surface area contributed by atoms with E-state index in [0.717, 1.165) is 33.8 Å². The van der Waals surface area contributed by atoms with Crippen LogP contribution in [0.25, 0.3) is 11.0 Å². The van der Waals surface area contributed by atoms with Gasteiger partial charge in [-0.05, 0) is 37.1 Å². The van der Waals surface area contributed by atoms with Gasteiger partial charge in [0.1, 0.15) is 5.82 Å². The van der Waals surface area contributed by atoms with Crippen LogP contribution in [0.15, 0.2) is 22.7 Å². The molecule has 1 aliphatic rings. The number of nitrogens with one attached hydrogen (secondary N) is 2. The van der Waals surface area contributed by atoms with Crippen LogP contribution in [0.2, 0.25) is 0 Å². The first kappa shape index (κ1) is 10.3. The summed E-state index contributed by atoms with van der Waals surface area (Å²) in [6, 6.07) is 6.53. The largest absolute Gasteiger partial charge is 0.341 e. The Hall–Kier alpha value is -0.870. The molecule has 3 rings (SSSR count). The molecule has 1 aromatic carbocycles. The first-order valence-electron chi connectivity index (χ1n) is 5.61. The van der Waals surface area contributed by atoms with E-state index in [0.29, 0.717) is 6.04 Å². The molecule has 2 N–H and O–H groups in total. The predicted octanol–water partition coefficient (Wildman–Crippen LogP) is 3.00. The number of rotatable bonds is 1. The Balaban J connectivity index is 1.99. The molecule has 0 radical (unpaired) electrons. The lowest BCUT2D eigenvalue weighted by atomic mass is 10.1. The molecule has 0 bridgehead atoms. The highest BCUT2D eigenvalue weighted by molar-refractivity contribution is 9.10. The molecule has 0 spiro atoms. The first-order valence-corrected chi connectivity index (χ1v) is 6.40. The quantitative estimate of drug-likeness (QED) is 0.843. The van der Waals surface area contributed by atoms with Gasteiger partial charge in [-0.1, -0.05) is 22.9 Å². The van der Waals surface area contributed by atoms with Gasteiger partial charge in [-0.3, -0.25) is 0 Å². The molecule has 2 aromatic rings. The Kier molecular flexibility index (Phi) is 2.48. The monoisotopic (exact) mass is 279 g/mol. The molecule has 0 saturated carbocycles. The second-order valence-corrected chi connectivity index (χ2v) is 5.50. The maximum absolute atomic E-state index is 4.63. The van der Waals surface area contributed by atoms with Gasteiger partial charge < -0.3 is 10.3 Å². The summed E-state index contributed by atoms with van der Waals surface area (Å²) in [6.07, 6.45) is 1.17. The molecule has 1 saturated heterocycles. The highest BCUT2D eigenvalue weighted by Gasteiger charge is 2.24. The molecule has 2 atom stereocenters. The summed E-state index contributed by atoms with van der Waals surface area (Å²) >= 11 is 3.47. The lowest BCUT2D eigenvalue weighted by Gasteiger charge is -2.04. The molecule has 1 aliphatic heterocycles. The SMILES string of the molecule is C[C@@H]1CN[C@H](c2nc3ccc(Br)cc3[nH]2)C1. The van der Waals surface area contributed by atoms with E-state index in [1.165, 1.54) is 6.42 Å². The number of aromatic amines is 1. The van der Waals surface area contributed by atoms with Crippen LogP contribution in [-0.4, -0.2) is 16.5 Å². The van der Waals surface area contributed by atoms with Crippen LogP contribution in [0.5, 0.6) is 0 Å². The normalized spacial score (nSPS) is 25.4. The Morgan fingerprint density at radius 2 is 2.31 bits per heavy atom. The molecular formula is C12H14BrN3. The van der Waals surface area contributed by atoms with Crippen molar-refractivity contribution in [2.45, 2.75) is 19.4 Å². The number of halogens is 1. The average Bonchev–Trinajstić information content (AvgIpc) is 2.83. The van der Waals surface area contributed by atoms with Gasteiger partial charge in [0, 0.05) is 4.47 Å². The van der Waals surface area contributed by atoms with E-state index < -0.39 is 0 Å². The van der Waals surface area contributed by atoms with Crippen LogP contribution in [-0.2, 0) is 0 Å². The van der Waals surface area contributed by atoms with E-state index in [-0.39, 0.29) is 0 Å². The van der Waals surface area contributed by atoms with Crippen molar-refractivity contribution in [3.05, 3.63) is 28.5 Å². The van der Waals surface area contributed by atoms with Crippen molar-refractivity contribution in [2.75, 3.05) is 6.54 Å². The second-order valence-electron chi connectivity index (χ2n) is 4.59. The minimum Gasteiger partial charge on any atom is -0.341 e. The molecule has 2 heterocycles. The van der Waals surface area contributed by atoms with Crippen molar-refractivity contribution in [1.29, 1.82) is 0 Å². The second kappa shape index (κ2) is 3.86. The highest BCUT2D eigenvalue weighted by Crippen LogP contribution is 2.27. The predicted molar refractivity (Wildman–Crippen MR) is 68.3 cm³/mol. The van der Waals surface area contributed by atoms with Crippen LogP contribution in [0.1, 0.15) is 25.2 Å². The lowest BCUT2D eigenvalue weighted by Crippen LogP contribution is -2.14. The zero-order chi connectivity index (χ0) is 11.1. The molecule has 0 unspecified atom stereocenters. The molecule has 1 aromatic heterocycles. The van der Waals surface area contributed by atoms with E-state index in [4.69, 9.17) is 0 Å². The highest BCUT2D eigenvalue weighted by atomic mass is 79.9. The van der Waals surface area contributed by atoms with Crippen LogP contribution in [0.4, 0.5) is 0 Å². The fraction of sp³-hybridized carbons (Fsp3) is 0.417. The number of aromatic nitrogens is 2. The molecule has 1 fully saturated rings. The molecule has 84 valence electrons. The van der Waals surface area contributed by atoms with E-state index in [9.17, 15) is 0 Å². The van der Waals surface area contributed by atoms with Gasteiger partial charge in [-0.2, -0.15) is 0 Å². The third-order valence-corrected chi connectivity index (χ3v) is 3.64. The fourth-order valence-corrected chi connectivity index (χ4v) is 2.65. The number of H-pyrrole nitrogens is 1. The zero-order valence-electron chi connectivity index (χ0n) is 9.13. The molecule has 16 heavy (non-hydrogen) atoms. The van der Waals surface area contributed by atoms with E-state index in [2.05, 4.69) is 44.2 Å². The maximum atomic E-state index is 4.63. The third-order valence-electron chi connectivity index (χ3n) is 3.14. The Labute approximate surface area is 103 Å². The zero-order valence-corrected chi connectivity index (χ0v) is 10.7. The summed E-state index contributed by atoms with van der Waals surface area (Å²) < 4.78 is 1.09. The van der Waals surface area contributed by atoms with Crippen molar-refractivity contribution in [3.8, 4) is 0 Å². The van der Waals surface area contributed by atoms with Gasteiger partial charge in [-0.15, -0.1) is 0 Å². The summed E-state index contributed by atoms with van der Waals surface area (Å²) in [5.41, 5.74) is 2.14. The van der Waals surface area contributed by atoms with Gasteiger partial charge in [0.25, 0.3) is 0 Å². The topological polar surface area (TPSA) is 40.7 Å². The van der Waals surface area contributed by atoms with Crippen molar-refractivity contribution >= 4 is 27.0 Å². The average molecular weight is 280 g/mol. The maximum Gasteiger partial charge on any atom is 0.124 e. The molecule has 3 nitrogen and oxygen atoms in total. The lowest BCUT2D eigenvalue weighted by molar-refractivity contribution is 0.589. The Morgan fingerprint density at radius 3 is 3.06 bits per heavy atom. The molecule has 0 aliphatic carbocycles. The fourth-order valence-electron chi connectivity index (χ4n) is 2.29. The van der Waals surface area contributed by atoms with E-state index in [1.54, 1.807) is 0 Å². The van der Waals surface area contributed by atoms with Crippen molar-refractivity contribution in [3.63, 3.8) is 0 Å². The smallest absolute Gasteiger partial charge is 0.124 e. The Morgan fingerprint density at radius 1 is 1.44 bits per heavy atom. The van der Waals surface area contributed by atoms with Gasteiger partial charge in [0.05, 0.1) is 17.1 Å². The van der Waals surface area contributed by atoms with E-state index >= 15 is 0 Å². The van der Waals surface area contributed by atoms with Crippen molar-refractivity contribution in [2.24, 2.45) is 5.92 Å². The van der Waals surface area contributed by atoms with Gasteiger partial charge >= 0.3 is 0 Å². The molecule has 4 heteroatoms. The standard InChI is InChI=1S/C12H14BrN3/c1-7-4-11(14-6-7)12-15-9-3-2-8(13)5-10(9)16-12/h2-3,5,7,11,14H,4,6H2,1H3,(H,15,16)/t7-,11-/m0/s1. The van der Waals surface area contributed by atoms with Crippen LogP contribution < -0.4 is 5.32 Å². The summed E-state index contributed by atoms with van der Waals surface area (Å²) in [4.78, 5) is 8.03. The summed E-state index contributed by atoms with van der Waals surface area (Å²) in [7, 11) is 0. The number of imidazole rings is 1. The number of hydrogen-bond donors (Lipinski definition) is 2. The minimum atomic E-state index is 0.390. The molecule has 0 amide bonds. The summed E-state index contributed by atoms with van der Waals surface area (Å²) in [6.45, 7) is 3.36. The van der Waals surface area contributed by atoms with Gasteiger partial charge in [-0.25, -0.2) is 4.98 Å². The van der Waals surface area contributed by atoms with Gasteiger partial charge in [0.15, 0.2) is 0 Å². The van der Waals surface area contributed by atoms with Gasteiger partial charge in [0.2, 0.25) is 0 Å². The molecular weight excluding hydrogens is 266 g/mol. The number of hydrogen-bond acceptors (Lipinski definition) is 2. The van der Waals surface area contributed by atoms with Crippen molar-refractivity contribution in [1.82, 2.24) is 15.3 Å². The van der Waals surface area contributed by atoms with E-state index in [1.807, 2.05) is 12.1 Å². The third kappa shape index (κ3) is 1.76. The van der Waals surface area contributed by atoms with Crippen molar-refractivity contribution < 1.29 is 0 Å². The Bertz CT molecular complexity index is 520. The van der Waals surface area contributed by atoms with Crippen LogP contribution in [0.3, 0.4) is 0 Å². The van der Waals surface area contributed by atoms with Crippen LogP contribution in [0, 0.1) is 5.92 Å². The first-order chi connectivity index (χ1) is 7.72. The number of fused-ring (bicyclic) bond motifs is 1.